The van der Waals surface area contributed by atoms with Crippen LogP contribution >= 0.6 is 0 Å². The highest BCUT2D eigenvalue weighted by Crippen LogP contribution is 2.55. The highest BCUT2D eigenvalue weighted by Gasteiger charge is 2.60. The molecule has 136 valence electrons. The molecule has 5 heteroatoms. The van der Waals surface area contributed by atoms with Crippen LogP contribution in [0.5, 0.6) is 0 Å². The lowest BCUT2D eigenvalue weighted by atomic mass is 9.79. The molecule has 2 fully saturated rings. The van der Waals surface area contributed by atoms with Crippen molar-refractivity contribution in [2.45, 2.75) is 65.1 Å². The standard InChI is InChI=1S/C19H30O5/c1-12-10-19(15(20)22-6,16(21)23-7)11-13(12)18(5)9-8-14(24-18)17(2,3)4/h13-14H,1,8-11H2,2-7H3/t13-,14+,18-/m0/s1. The Bertz CT molecular complexity index is 528. The Hall–Kier alpha value is -1.36. The molecule has 2 rings (SSSR count). The second-order valence-electron chi connectivity index (χ2n) is 8.48. The molecule has 1 aliphatic heterocycles. The van der Waals surface area contributed by atoms with E-state index in [0.29, 0.717) is 6.42 Å². The lowest BCUT2D eigenvalue weighted by Gasteiger charge is -2.36. The Morgan fingerprint density at radius 3 is 2.17 bits per heavy atom. The van der Waals surface area contributed by atoms with Crippen molar-refractivity contribution in [2.24, 2.45) is 16.7 Å². The van der Waals surface area contributed by atoms with E-state index in [0.717, 1.165) is 18.4 Å². The molecule has 0 amide bonds. The van der Waals surface area contributed by atoms with Crippen molar-refractivity contribution in [3.05, 3.63) is 12.2 Å². The highest BCUT2D eigenvalue weighted by molar-refractivity contribution is 6.01. The van der Waals surface area contributed by atoms with Crippen molar-refractivity contribution < 1.29 is 23.8 Å². The summed E-state index contributed by atoms with van der Waals surface area (Å²) in [5, 5.41) is 0. The molecule has 0 aromatic carbocycles. The second kappa shape index (κ2) is 6.17. The molecule has 2 aliphatic rings. The fourth-order valence-electron chi connectivity index (χ4n) is 4.24. The monoisotopic (exact) mass is 338 g/mol. The van der Waals surface area contributed by atoms with E-state index in [1.54, 1.807) is 0 Å². The normalized spacial score (nSPS) is 32.7. The van der Waals surface area contributed by atoms with Crippen molar-refractivity contribution in [1.29, 1.82) is 0 Å². The molecule has 1 heterocycles. The number of hydrogen-bond acceptors (Lipinski definition) is 5. The topological polar surface area (TPSA) is 61.8 Å². The summed E-state index contributed by atoms with van der Waals surface area (Å²) in [6, 6.07) is 0. The maximum atomic E-state index is 12.4. The van der Waals surface area contributed by atoms with Crippen LogP contribution in [0.4, 0.5) is 0 Å². The van der Waals surface area contributed by atoms with Crippen molar-refractivity contribution in [3.63, 3.8) is 0 Å². The van der Waals surface area contributed by atoms with Gasteiger partial charge in [-0.3, -0.25) is 9.59 Å². The molecule has 1 saturated heterocycles. The van der Waals surface area contributed by atoms with E-state index in [1.807, 2.05) is 0 Å². The minimum Gasteiger partial charge on any atom is -0.468 e. The van der Waals surface area contributed by atoms with Crippen LogP contribution in [0.15, 0.2) is 12.2 Å². The third-order valence-corrected chi connectivity index (χ3v) is 5.74. The van der Waals surface area contributed by atoms with Gasteiger partial charge in [0, 0.05) is 5.92 Å². The van der Waals surface area contributed by atoms with Crippen LogP contribution in [-0.2, 0) is 23.8 Å². The number of hydrogen-bond donors (Lipinski definition) is 0. The van der Waals surface area contributed by atoms with Gasteiger partial charge in [0.1, 0.15) is 0 Å². The van der Waals surface area contributed by atoms with Crippen LogP contribution in [0, 0.1) is 16.7 Å². The molecule has 0 spiro atoms. The first-order chi connectivity index (χ1) is 11.0. The van der Waals surface area contributed by atoms with Gasteiger partial charge in [0.2, 0.25) is 0 Å². The summed E-state index contributed by atoms with van der Waals surface area (Å²) in [7, 11) is 2.60. The maximum absolute atomic E-state index is 12.4. The Morgan fingerprint density at radius 2 is 1.75 bits per heavy atom. The van der Waals surface area contributed by atoms with Crippen molar-refractivity contribution in [2.75, 3.05) is 14.2 Å². The van der Waals surface area contributed by atoms with Gasteiger partial charge in [0.15, 0.2) is 5.41 Å². The molecule has 0 aromatic rings. The molecule has 1 saturated carbocycles. The SMILES string of the molecule is C=C1CC(C(=O)OC)(C(=O)OC)C[C@@H]1[C@]1(C)CC[C@H](C(C)(C)C)O1. The number of carbonyl (C=O) groups is 2. The summed E-state index contributed by atoms with van der Waals surface area (Å²) in [5.41, 5.74) is -0.793. The molecule has 24 heavy (non-hydrogen) atoms. The maximum Gasteiger partial charge on any atom is 0.323 e. The first-order valence-electron chi connectivity index (χ1n) is 8.52. The summed E-state index contributed by atoms with van der Waals surface area (Å²) in [6.07, 6.45) is 2.60. The number of rotatable bonds is 3. The van der Waals surface area contributed by atoms with Crippen LogP contribution in [0.3, 0.4) is 0 Å². The van der Waals surface area contributed by atoms with E-state index in [1.165, 1.54) is 14.2 Å². The third kappa shape index (κ3) is 2.99. The predicted molar refractivity (Wildman–Crippen MR) is 90.3 cm³/mol. The Labute approximate surface area is 144 Å². The lowest BCUT2D eigenvalue weighted by Crippen LogP contribution is -2.42. The quantitative estimate of drug-likeness (QED) is 0.449. The summed E-state index contributed by atoms with van der Waals surface area (Å²) in [6.45, 7) is 12.7. The molecule has 0 aromatic heterocycles. The van der Waals surface area contributed by atoms with E-state index in [4.69, 9.17) is 14.2 Å². The van der Waals surface area contributed by atoms with Gasteiger partial charge in [-0.1, -0.05) is 32.9 Å². The van der Waals surface area contributed by atoms with E-state index < -0.39 is 23.0 Å². The second-order valence-corrected chi connectivity index (χ2v) is 8.48. The van der Waals surface area contributed by atoms with Crippen molar-refractivity contribution in [3.8, 4) is 0 Å². The smallest absolute Gasteiger partial charge is 0.323 e. The summed E-state index contributed by atoms with van der Waals surface area (Å²) in [5.74, 6) is -1.16. The van der Waals surface area contributed by atoms with E-state index in [2.05, 4.69) is 34.3 Å². The third-order valence-electron chi connectivity index (χ3n) is 5.74. The Morgan fingerprint density at radius 1 is 1.21 bits per heavy atom. The molecule has 0 unspecified atom stereocenters. The van der Waals surface area contributed by atoms with E-state index in [-0.39, 0.29) is 23.9 Å². The lowest BCUT2D eigenvalue weighted by molar-refractivity contribution is -0.169. The zero-order valence-corrected chi connectivity index (χ0v) is 15.7. The summed E-state index contributed by atoms with van der Waals surface area (Å²) in [4.78, 5) is 24.7. The molecule has 0 radical (unpaired) electrons. The fourth-order valence-corrected chi connectivity index (χ4v) is 4.24. The summed E-state index contributed by atoms with van der Waals surface area (Å²) >= 11 is 0. The van der Waals surface area contributed by atoms with Gasteiger partial charge in [-0.25, -0.2) is 0 Å². The first kappa shape index (κ1) is 19.0. The molecular formula is C19H30O5. The molecular weight excluding hydrogens is 308 g/mol. The van der Waals surface area contributed by atoms with Gasteiger partial charge >= 0.3 is 11.9 Å². The Balaban J connectivity index is 2.29. The summed E-state index contributed by atoms with van der Waals surface area (Å²) < 4.78 is 16.2. The molecule has 0 bridgehead atoms. The van der Waals surface area contributed by atoms with Crippen LogP contribution in [0.1, 0.15) is 53.4 Å². The van der Waals surface area contributed by atoms with Gasteiger partial charge < -0.3 is 14.2 Å². The Kier molecular flexibility index (Phi) is 4.88. The average molecular weight is 338 g/mol. The van der Waals surface area contributed by atoms with Gasteiger partial charge in [-0.2, -0.15) is 0 Å². The van der Waals surface area contributed by atoms with Crippen LogP contribution in [0.25, 0.3) is 0 Å². The number of methoxy groups -OCH3 is 2. The van der Waals surface area contributed by atoms with Crippen molar-refractivity contribution in [1.82, 2.24) is 0 Å². The van der Waals surface area contributed by atoms with E-state index >= 15 is 0 Å². The molecule has 1 aliphatic carbocycles. The molecule has 5 nitrogen and oxygen atoms in total. The van der Waals surface area contributed by atoms with Crippen molar-refractivity contribution >= 4 is 11.9 Å². The van der Waals surface area contributed by atoms with Gasteiger partial charge in [-0.15, -0.1) is 0 Å². The molecule has 3 atom stereocenters. The largest absolute Gasteiger partial charge is 0.468 e. The van der Waals surface area contributed by atoms with Crippen LogP contribution in [0.2, 0.25) is 0 Å². The fraction of sp³-hybridized carbons (Fsp3) is 0.789. The zero-order chi connectivity index (χ0) is 18.3. The highest BCUT2D eigenvalue weighted by atomic mass is 16.5. The van der Waals surface area contributed by atoms with E-state index in [9.17, 15) is 9.59 Å². The number of carbonyl (C=O) groups excluding carboxylic acids is 2. The molecule has 0 N–H and O–H groups in total. The van der Waals surface area contributed by atoms with Crippen LogP contribution in [-0.4, -0.2) is 37.9 Å². The van der Waals surface area contributed by atoms with Gasteiger partial charge in [-0.05, 0) is 38.0 Å². The average Bonchev–Trinajstić information content (AvgIpc) is 3.08. The number of ether oxygens (including phenoxy) is 3. The minimum atomic E-state index is -1.29. The zero-order valence-electron chi connectivity index (χ0n) is 15.7. The van der Waals surface area contributed by atoms with Gasteiger partial charge in [0.05, 0.1) is 25.9 Å². The predicted octanol–water partition coefficient (Wildman–Crippen LogP) is 3.27. The van der Waals surface area contributed by atoms with Crippen LogP contribution < -0.4 is 0 Å². The number of esters is 2. The minimum absolute atomic E-state index is 0.0550. The first-order valence-corrected chi connectivity index (χ1v) is 8.52. The van der Waals surface area contributed by atoms with Gasteiger partial charge in [0.25, 0.3) is 0 Å².